The predicted molar refractivity (Wildman–Crippen MR) is 71.6 cm³/mol. The van der Waals surface area contributed by atoms with E-state index in [-0.39, 0.29) is 18.4 Å². The number of halogens is 1. The summed E-state index contributed by atoms with van der Waals surface area (Å²) in [6.45, 7) is 1.78. The van der Waals surface area contributed by atoms with Gasteiger partial charge in [0.15, 0.2) is 0 Å². The molecule has 6 heteroatoms. The van der Waals surface area contributed by atoms with E-state index in [1.807, 2.05) is 0 Å². The van der Waals surface area contributed by atoms with Gasteiger partial charge in [0.2, 0.25) is 11.8 Å². The molecule has 0 saturated carbocycles. The van der Waals surface area contributed by atoms with Crippen LogP contribution in [0.5, 0.6) is 0 Å². The summed E-state index contributed by atoms with van der Waals surface area (Å²) < 4.78 is 0. The van der Waals surface area contributed by atoms with Crippen LogP contribution in [0.3, 0.4) is 0 Å². The van der Waals surface area contributed by atoms with Crippen molar-refractivity contribution in [3.63, 3.8) is 0 Å². The van der Waals surface area contributed by atoms with E-state index < -0.39 is 6.04 Å². The van der Waals surface area contributed by atoms with Crippen LogP contribution in [0.4, 0.5) is 5.69 Å². The Kier molecular flexibility index (Phi) is 5.61. The quantitative estimate of drug-likeness (QED) is 0.747. The van der Waals surface area contributed by atoms with Gasteiger partial charge >= 0.3 is 0 Å². The monoisotopic (exact) mass is 269 g/mol. The van der Waals surface area contributed by atoms with E-state index in [1.165, 1.54) is 0 Å². The molecule has 1 atom stereocenters. The van der Waals surface area contributed by atoms with Gasteiger partial charge in [-0.1, -0.05) is 17.7 Å². The molecular weight excluding hydrogens is 254 g/mol. The number of amides is 2. The Morgan fingerprint density at radius 2 is 2.11 bits per heavy atom. The smallest absolute Gasteiger partial charge is 0.241 e. The topological polar surface area (TPSA) is 70.2 Å². The minimum Gasteiger partial charge on any atom is -0.358 e. The lowest BCUT2D eigenvalue weighted by Gasteiger charge is -2.13. The van der Waals surface area contributed by atoms with Gasteiger partial charge in [-0.3, -0.25) is 14.9 Å². The summed E-state index contributed by atoms with van der Waals surface area (Å²) in [4.78, 5) is 22.8. The van der Waals surface area contributed by atoms with Gasteiger partial charge in [-0.25, -0.2) is 0 Å². The predicted octanol–water partition coefficient (Wildman–Crippen LogP) is 1.00. The third kappa shape index (κ3) is 4.73. The first kappa shape index (κ1) is 14.5. The fourth-order valence-corrected chi connectivity index (χ4v) is 1.43. The highest BCUT2D eigenvalue weighted by molar-refractivity contribution is 6.30. The number of benzene rings is 1. The normalized spacial score (nSPS) is 11.7. The van der Waals surface area contributed by atoms with Crippen molar-refractivity contribution in [1.29, 1.82) is 0 Å². The molecular formula is C12H16ClN3O2. The molecule has 1 aromatic carbocycles. The number of hydrogen-bond donors (Lipinski definition) is 3. The second-order valence-electron chi connectivity index (χ2n) is 3.78. The molecule has 0 aromatic heterocycles. The number of carbonyl (C=O) groups excluding carboxylic acids is 2. The van der Waals surface area contributed by atoms with Crippen molar-refractivity contribution >= 4 is 29.1 Å². The van der Waals surface area contributed by atoms with E-state index in [9.17, 15) is 9.59 Å². The van der Waals surface area contributed by atoms with Crippen molar-refractivity contribution in [2.24, 2.45) is 0 Å². The van der Waals surface area contributed by atoms with Crippen LogP contribution < -0.4 is 16.0 Å². The van der Waals surface area contributed by atoms with Crippen LogP contribution in [0, 0.1) is 0 Å². The van der Waals surface area contributed by atoms with Crippen LogP contribution in [0.2, 0.25) is 5.02 Å². The highest BCUT2D eigenvalue weighted by Gasteiger charge is 2.13. The fraction of sp³-hybridized carbons (Fsp3) is 0.333. The van der Waals surface area contributed by atoms with Gasteiger partial charge < -0.3 is 10.6 Å². The Morgan fingerprint density at radius 1 is 1.39 bits per heavy atom. The second-order valence-corrected chi connectivity index (χ2v) is 4.21. The summed E-state index contributed by atoms with van der Waals surface area (Å²) in [6, 6.07) is 6.41. The third-order valence-electron chi connectivity index (χ3n) is 2.33. The number of nitrogens with one attached hydrogen (secondary N) is 3. The minimum atomic E-state index is -0.471. The molecule has 98 valence electrons. The van der Waals surface area contributed by atoms with Crippen molar-refractivity contribution < 1.29 is 9.59 Å². The number of hydrogen-bond acceptors (Lipinski definition) is 3. The van der Waals surface area contributed by atoms with Crippen LogP contribution in [0.25, 0.3) is 0 Å². The average Bonchev–Trinajstić information content (AvgIpc) is 2.35. The molecule has 0 aliphatic heterocycles. The zero-order valence-corrected chi connectivity index (χ0v) is 11.0. The number of rotatable bonds is 5. The molecule has 0 saturated heterocycles. The Balaban J connectivity index is 2.47. The molecule has 0 bridgehead atoms. The lowest BCUT2D eigenvalue weighted by Crippen LogP contribution is -2.42. The average molecular weight is 270 g/mol. The SMILES string of the molecule is CNC(=O)CN[C@@H](C)C(=O)Nc1cccc(Cl)c1. The molecule has 0 aliphatic carbocycles. The van der Waals surface area contributed by atoms with Gasteiger partial charge in [0.25, 0.3) is 0 Å². The van der Waals surface area contributed by atoms with Gasteiger partial charge in [-0.05, 0) is 25.1 Å². The van der Waals surface area contributed by atoms with Crippen LogP contribution in [-0.2, 0) is 9.59 Å². The Morgan fingerprint density at radius 3 is 2.72 bits per heavy atom. The van der Waals surface area contributed by atoms with Crippen LogP contribution in [0.1, 0.15) is 6.92 Å². The van der Waals surface area contributed by atoms with E-state index in [4.69, 9.17) is 11.6 Å². The van der Waals surface area contributed by atoms with E-state index in [0.717, 1.165) is 0 Å². The lowest BCUT2D eigenvalue weighted by molar-refractivity contribution is -0.120. The van der Waals surface area contributed by atoms with E-state index >= 15 is 0 Å². The molecule has 0 aliphatic rings. The lowest BCUT2D eigenvalue weighted by atomic mass is 10.2. The summed E-state index contributed by atoms with van der Waals surface area (Å²) in [5, 5.41) is 8.54. The van der Waals surface area contributed by atoms with Gasteiger partial charge in [-0.2, -0.15) is 0 Å². The van der Waals surface area contributed by atoms with Crippen molar-refractivity contribution in [2.75, 3.05) is 18.9 Å². The number of anilines is 1. The first-order chi connectivity index (χ1) is 8.52. The standard InChI is InChI=1S/C12H16ClN3O2/c1-8(15-7-11(17)14-2)12(18)16-10-5-3-4-9(13)6-10/h3-6,8,15H,7H2,1-2H3,(H,14,17)(H,16,18)/t8-/m0/s1. The number of carbonyl (C=O) groups is 2. The van der Waals surface area contributed by atoms with Crippen molar-refractivity contribution in [3.8, 4) is 0 Å². The molecule has 18 heavy (non-hydrogen) atoms. The zero-order chi connectivity index (χ0) is 13.5. The fourth-order valence-electron chi connectivity index (χ4n) is 1.24. The van der Waals surface area contributed by atoms with Crippen molar-refractivity contribution in [3.05, 3.63) is 29.3 Å². The summed E-state index contributed by atoms with van der Waals surface area (Å²) in [5.41, 5.74) is 0.626. The molecule has 0 spiro atoms. The zero-order valence-electron chi connectivity index (χ0n) is 10.3. The van der Waals surface area contributed by atoms with Crippen LogP contribution >= 0.6 is 11.6 Å². The largest absolute Gasteiger partial charge is 0.358 e. The number of likely N-dealkylation sites (N-methyl/N-ethyl adjacent to an activating group) is 1. The maximum Gasteiger partial charge on any atom is 0.241 e. The van der Waals surface area contributed by atoms with Crippen molar-refractivity contribution in [1.82, 2.24) is 10.6 Å². The van der Waals surface area contributed by atoms with Crippen LogP contribution in [0.15, 0.2) is 24.3 Å². The summed E-state index contributed by atoms with van der Waals surface area (Å²) in [7, 11) is 1.54. The third-order valence-corrected chi connectivity index (χ3v) is 2.57. The van der Waals surface area contributed by atoms with Gasteiger partial charge in [0.1, 0.15) is 0 Å². The molecule has 0 heterocycles. The molecule has 5 nitrogen and oxygen atoms in total. The molecule has 2 amide bonds. The second kappa shape index (κ2) is 6.98. The van der Waals surface area contributed by atoms with Gasteiger partial charge in [0.05, 0.1) is 12.6 Å². The highest BCUT2D eigenvalue weighted by Crippen LogP contribution is 2.14. The first-order valence-corrected chi connectivity index (χ1v) is 5.91. The van der Waals surface area contributed by atoms with Crippen LogP contribution in [-0.4, -0.2) is 31.4 Å². The van der Waals surface area contributed by atoms with E-state index in [2.05, 4.69) is 16.0 Å². The maximum atomic E-state index is 11.8. The summed E-state index contributed by atoms with van der Waals surface area (Å²) in [6.07, 6.45) is 0. The van der Waals surface area contributed by atoms with Gasteiger partial charge in [0, 0.05) is 17.8 Å². The maximum absolute atomic E-state index is 11.8. The first-order valence-electron chi connectivity index (χ1n) is 5.53. The molecule has 3 N–H and O–H groups in total. The Hall–Kier alpha value is -1.59. The Labute approximate surface area is 111 Å². The molecule has 1 rings (SSSR count). The molecule has 0 unspecified atom stereocenters. The molecule has 0 radical (unpaired) electrons. The van der Waals surface area contributed by atoms with Gasteiger partial charge in [-0.15, -0.1) is 0 Å². The summed E-state index contributed by atoms with van der Waals surface area (Å²) in [5.74, 6) is -0.390. The minimum absolute atomic E-state index is 0.0978. The Bertz CT molecular complexity index is 437. The van der Waals surface area contributed by atoms with E-state index in [1.54, 1.807) is 38.2 Å². The highest BCUT2D eigenvalue weighted by atomic mass is 35.5. The molecule has 0 fully saturated rings. The van der Waals surface area contributed by atoms with E-state index in [0.29, 0.717) is 10.7 Å². The van der Waals surface area contributed by atoms with Crippen molar-refractivity contribution in [2.45, 2.75) is 13.0 Å². The summed E-state index contributed by atoms with van der Waals surface area (Å²) >= 11 is 5.81. The molecule has 1 aromatic rings.